The van der Waals surface area contributed by atoms with E-state index in [-0.39, 0.29) is 0 Å². The van der Waals surface area contributed by atoms with E-state index in [9.17, 15) is 0 Å². The van der Waals surface area contributed by atoms with Crippen LogP contribution < -0.4 is 14.8 Å². The van der Waals surface area contributed by atoms with E-state index in [0.29, 0.717) is 24.3 Å². The van der Waals surface area contributed by atoms with E-state index in [4.69, 9.17) is 9.47 Å². The van der Waals surface area contributed by atoms with Gasteiger partial charge in [0.1, 0.15) is 6.33 Å². The van der Waals surface area contributed by atoms with E-state index in [1.807, 2.05) is 0 Å². The van der Waals surface area contributed by atoms with Crippen LogP contribution in [0.2, 0.25) is 0 Å². The maximum atomic E-state index is 5.28. The van der Waals surface area contributed by atoms with Gasteiger partial charge in [-0.05, 0) is 32.9 Å². The molecule has 0 saturated carbocycles. The Morgan fingerprint density at radius 3 is 2.33 bits per heavy atom. The first-order valence-electron chi connectivity index (χ1n) is 7.63. The number of nitrogens with zero attached hydrogens (tertiary/aromatic N) is 3. The van der Waals surface area contributed by atoms with E-state index >= 15 is 0 Å². The fourth-order valence-electron chi connectivity index (χ4n) is 2.78. The molecule has 1 fully saturated rings. The lowest BCUT2D eigenvalue weighted by Crippen LogP contribution is -2.43. The van der Waals surface area contributed by atoms with E-state index in [1.165, 1.54) is 38.7 Å². The van der Waals surface area contributed by atoms with Crippen LogP contribution >= 0.6 is 0 Å². The first-order chi connectivity index (χ1) is 10.3. The summed E-state index contributed by atoms with van der Waals surface area (Å²) in [5, 5.41) is 3.47. The summed E-state index contributed by atoms with van der Waals surface area (Å²) in [6.45, 7) is 6.27. The number of aromatic nitrogens is 2. The van der Waals surface area contributed by atoms with Crippen molar-refractivity contribution < 1.29 is 9.47 Å². The van der Waals surface area contributed by atoms with Crippen LogP contribution in [0.1, 0.15) is 31.7 Å². The number of hydrogen-bond donors (Lipinski definition) is 1. The molecule has 1 unspecified atom stereocenters. The fraction of sp³-hybridized carbons (Fsp3) is 0.733. The molecular weight excluding hydrogens is 268 g/mol. The quantitative estimate of drug-likeness (QED) is 0.821. The summed E-state index contributed by atoms with van der Waals surface area (Å²) in [6.07, 6.45) is 5.46. The molecule has 1 saturated heterocycles. The van der Waals surface area contributed by atoms with E-state index in [1.54, 1.807) is 14.2 Å². The average molecular weight is 294 g/mol. The number of nitrogens with one attached hydrogen (secondary N) is 1. The topological polar surface area (TPSA) is 59.5 Å². The van der Waals surface area contributed by atoms with Crippen LogP contribution in [0, 0.1) is 0 Å². The van der Waals surface area contributed by atoms with Crippen molar-refractivity contribution in [3.8, 4) is 11.8 Å². The van der Waals surface area contributed by atoms with Gasteiger partial charge in [0, 0.05) is 19.1 Å². The van der Waals surface area contributed by atoms with Crippen molar-refractivity contribution in [2.75, 3.05) is 33.9 Å². The highest BCUT2D eigenvalue weighted by Crippen LogP contribution is 2.22. The third-order valence-corrected chi connectivity index (χ3v) is 4.01. The van der Waals surface area contributed by atoms with Crippen molar-refractivity contribution in [1.82, 2.24) is 20.2 Å². The smallest absolute Gasteiger partial charge is 0.224 e. The Labute approximate surface area is 126 Å². The van der Waals surface area contributed by atoms with Gasteiger partial charge in [-0.2, -0.15) is 0 Å². The Hall–Kier alpha value is -1.40. The zero-order valence-electron chi connectivity index (χ0n) is 13.3. The molecule has 2 heterocycles. The summed E-state index contributed by atoms with van der Waals surface area (Å²) in [6, 6.07) is 0.534. The van der Waals surface area contributed by atoms with Gasteiger partial charge in [0.15, 0.2) is 0 Å². The average Bonchev–Trinajstić information content (AvgIpc) is 2.55. The zero-order chi connectivity index (χ0) is 15.1. The molecular formula is C15H26N4O2. The molecule has 1 aliphatic heterocycles. The minimum atomic E-state index is 0.534. The molecule has 1 aromatic rings. The van der Waals surface area contributed by atoms with Crippen LogP contribution in [0.5, 0.6) is 11.8 Å². The summed E-state index contributed by atoms with van der Waals surface area (Å²) in [7, 11) is 3.23. The second-order valence-corrected chi connectivity index (χ2v) is 5.45. The molecule has 21 heavy (non-hydrogen) atoms. The fourth-order valence-corrected chi connectivity index (χ4v) is 2.78. The normalized spacial score (nSPS) is 17.5. The van der Waals surface area contributed by atoms with Gasteiger partial charge in [-0.25, -0.2) is 9.97 Å². The molecule has 0 aromatic carbocycles. The van der Waals surface area contributed by atoms with E-state index in [0.717, 1.165) is 12.1 Å². The van der Waals surface area contributed by atoms with Gasteiger partial charge in [-0.1, -0.05) is 6.42 Å². The molecule has 1 aliphatic rings. The Morgan fingerprint density at radius 2 is 1.76 bits per heavy atom. The summed E-state index contributed by atoms with van der Waals surface area (Å²) in [4.78, 5) is 10.8. The molecule has 6 heteroatoms. The molecule has 0 bridgehead atoms. The monoisotopic (exact) mass is 294 g/mol. The SMILES string of the molecule is COc1ncnc(OC)c1CNCC(C)N1CCCCC1. The Kier molecular flexibility index (Phi) is 6.20. The van der Waals surface area contributed by atoms with Crippen molar-refractivity contribution in [2.24, 2.45) is 0 Å². The molecule has 0 spiro atoms. The molecule has 0 radical (unpaired) electrons. The summed E-state index contributed by atoms with van der Waals surface area (Å²) >= 11 is 0. The van der Waals surface area contributed by atoms with Crippen molar-refractivity contribution in [3.05, 3.63) is 11.9 Å². The van der Waals surface area contributed by atoms with E-state index in [2.05, 4.69) is 27.1 Å². The largest absolute Gasteiger partial charge is 0.481 e. The zero-order valence-corrected chi connectivity index (χ0v) is 13.3. The van der Waals surface area contributed by atoms with E-state index < -0.39 is 0 Å². The van der Waals surface area contributed by atoms with Gasteiger partial charge in [0.25, 0.3) is 0 Å². The predicted octanol–water partition coefficient (Wildman–Crippen LogP) is 1.46. The Bertz CT molecular complexity index is 413. The van der Waals surface area contributed by atoms with Gasteiger partial charge in [-0.3, -0.25) is 4.90 Å². The molecule has 2 rings (SSSR count). The van der Waals surface area contributed by atoms with Gasteiger partial charge in [-0.15, -0.1) is 0 Å². The van der Waals surface area contributed by atoms with Crippen LogP contribution in [0.4, 0.5) is 0 Å². The van der Waals surface area contributed by atoms with Gasteiger partial charge < -0.3 is 14.8 Å². The molecule has 0 aliphatic carbocycles. The first kappa shape index (κ1) is 16.0. The van der Waals surface area contributed by atoms with Crippen molar-refractivity contribution >= 4 is 0 Å². The highest BCUT2D eigenvalue weighted by atomic mass is 16.5. The lowest BCUT2D eigenvalue weighted by molar-refractivity contribution is 0.170. The maximum Gasteiger partial charge on any atom is 0.224 e. The minimum absolute atomic E-state index is 0.534. The molecule has 1 N–H and O–H groups in total. The third kappa shape index (κ3) is 4.28. The van der Waals surface area contributed by atoms with Crippen LogP contribution in [-0.2, 0) is 6.54 Å². The Morgan fingerprint density at radius 1 is 1.14 bits per heavy atom. The highest BCUT2D eigenvalue weighted by Gasteiger charge is 2.17. The van der Waals surface area contributed by atoms with Crippen LogP contribution in [0.3, 0.4) is 0 Å². The number of rotatable bonds is 7. The highest BCUT2D eigenvalue weighted by molar-refractivity contribution is 5.34. The number of ether oxygens (including phenoxy) is 2. The second kappa shape index (κ2) is 8.14. The van der Waals surface area contributed by atoms with Gasteiger partial charge in [0.2, 0.25) is 11.8 Å². The molecule has 6 nitrogen and oxygen atoms in total. The Balaban J connectivity index is 1.87. The van der Waals surface area contributed by atoms with Crippen molar-refractivity contribution in [2.45, 2.75) is 38.8 Å². The van der Waals surface area contributed by atoms with Crippen LogP contribution in [-0.4, -0.2) is 54.8 Å². The third-order valence-electron chi connectivity index (χ3n) is 4.01. The summed E-state index contributed by atoms with van der Waals surface area (Å²) in [5.74, 6) is 1.14. The van der Waals surface area contributed by atoms with Gasteiger partial charge in [0.05, 0.1) is 19.8 Å². The lowest BCUT2D eigenvalue weighted by Gasteiger charge is -2.32. The van der Waals surface area contributed by atoms with Crippen molar-refractivity contribution in [1.29, 1.82) is 0 Å². The predicted molar refractivity (Wildman–Crippen MR) is 81.7 cm³/mol. The van der Waals surface area contributed by atoms with Crippen LogP contribution in [0.25, 0.3) is 0 Å². The van der Waals surface area contributed by atoms with Crippen LogP contribution in [0.15, 0.2) is 6.33 Å². The summed E-state index contributed by atoms with van der Waals surface area (Å²) in [5.41, 5.74) is 0.869. The minimum Gasteiger partial charge on any atom is -0.481 e. The number of likely N-dealkylation sites (tertiary alicyclic amines) is 1. The molecule has 118 valence electrons. The second-order valence-electron chi connectivity index (χ2n) is 5.45. The molecule has 1 aromatic heterocycles. The molecule has 0 amide bonds. The standard InChI is InChI=1S/C15H26N4O2/c1-12(19-7-5-4-6-8-19)9-16-10-13-14(20-2)17-11-18-15(13)21-3/h11-12,16H,4-10H2,1-3H3. The maximum absolute atomic E-state index is 5.28. The summed E-state index contributed by atoms with van der Waals surface area (Å²) < 4.78 is 10.6. The van der Waals surface area contributed by atoms with Crippen molar-refractivity contribution in [3.63, 3.8) is 0 Å². The number of piperidine rings is 1. The first-order valence-corrected chi connectivity index (χ1v) is 7.63. The number of methoxy groups -OCH3 is 2. The molecule has 1 atom stereocenters. The van der Waals surface area contributed by atoms with Gasteiger partial charge >= 0.3 is 0 Å². The lowest BCUT2D eigenvalue weighted by atomic mass is 10.1. The number of hydrogen-bond acceptors (Lipinski definition) is 6.